The molecule has 0 aromatic carbocycles. The van der Waals surface area contributed by atoms with Gasteiger partial charge in [-0.2, -0.15) is 0 Å². The summed E-state index contributed by atoms with van der Waals surface area (Å²) in [5, 5.41) is 22.6. The van der Waals surface area contributed by atoms with Crippen molar-refractivity contribution in [3.05, 3.63) is 0 Å². The Bertz CT molecular complexity index is 244. The Morgan fingerprint density at radius 2 is 1.84 bits per heavy atom. The lowest BCUT2D eigenvalue weighted by Gasteiger charge is -2.25. The molecule has 0 amide bonds. The molecule has 0 aliphatic heterocycles. The van der Waals surface area contributed by atoms with Gasteiger partial charge in [0.25, 0.3) is 0 Å². The topological polar surface area (TPSA) is 61.7 Å². The van der Waals surface area contributed by atoms with Crippen LogP contribution in [0.15, 0.2) is 0 Å². The van der Waals surface area contributed by atoms with Gasteiger partial charge >= 0.3 is 0 Å². The van der Waals surface area contributed by atoms with E-state index in [0.717, 1.165) is 25.7 Å². The summed E-state index contributed by atoms with van der Waals surface area (Å²) in [6.07, 6.45) is 9.47. The molecule has 2 aliphatic carbocycles. The third-order valence-corrected chi connectivity index (χ3v) is 4.59. The summed E-state index contributed by atoms with van der Waals surface area (Å²) in [5.74, 6) is 0.367. The van der Waals surface area contributed by atoms with Crippen LogP contribution in [-0.4, -0.2) is 48.2 Å². The maximum absolute atomic E-state index is 9.95. The third-order valence-electron chi connectivity index (χ3n) is 4.59. The van der Waals surface area contributed by atoms with Gasteiger partial charge in [0.1, 0.15) is 0 Å². The Labute approximate surface area is 116 Å². The normalized spacial score (nSPS) is 30.6. The first-order valence-electron chi connectivity index (χ1n) is 7.93. The number of nitrogens with one attached hydrogen (secondary N) is 1. The van der Waals surface area contributed by atoms with Crippen LogP contribution in [-0.2, 0) is 4.74 Å². The Balaban J connectivity index is 1.57. The fourth-order valence-corrected chi connectivity index (χ4v) is 3.35. The molecule has 4 heteroatoms. The summed E-state index contributed by atoms with van der Waals surface area (Å²) in [6, 6.07) is 0.370. The van der Waals surface area contributed by atoms with Gasteiger partial charge in [-0.15, -0.1) is 0 Å². The van der Waals surface area contributed by atoms with E-state index < -0.39 is 6.10 Å². The second kappa shape index (κ2) is 8.20. The first-order valence-corrected chi connectivity index (χ1v) is 7.93. The van der Waals surface area contributed by atoms with Gasteiger partial charge in [-0.3, -0.25) is 0 Å². The van der Waals surface area contributed by atoms with E-state index in [2.05, 4.69) is 5.32 Å². The molecule has 0 spiro atoms. The summed E-state index contributed by atoms with van der Waals surface area (Å²) >= 11 is 0. The lowest BCUT2D eigenvalue weighted by atomic mass is 9.98. The van der Waals surface area contributed by atoms with E-state index >= 15 is 0 Å². The predicted octanol–water partition coefficient (Wildman–Crippen LogP) is 1.45. The quantitative estimate of drug-likeness (QED) is 0.656. The molecular weight excluding hydrogens is 242 g/mol. The highest BCUT2D eigenvalue weighted by Crippen LogP contribution is 2.25. The number of rotatable bonds is 7. The maximum Gasteiger partial charge on any atom is 0.0897 e. The maximum atomic E-state index is 9.95. The number of aliphatic hydroxyl groups excluding tert-OH is 2. The fraction of sp³-hybridized carbons (Fsp3) is 1.00. The molecule has 19 heavy (non-hydrogen) atoms. The van der Waals surface area contributed by atoms with Crippen molar-refractivity contribution >= 4 is 0 Å². The van der Waals surface area contributed by atoms with Gasteiger partial charge in [0.05, 0.1) is 18.8 Å². The van der Waals surface area contributed by atoms with E-state index in [1.165, 1.54) is 25.7 Å². The van der Waals surface area contributed by atoms with Crippen molar-refractivity contribution < 1.29 is 14.9 Å². The van der Waals surface area contributed by atoms with E-state index in [1.807, 2.05) is 0 Å². The molecule has 0 aromatic rings. The number of aliphatic hydroxyl groups is 2. The van der Waals surface area contributed by atoms with Crippen molar-refractivity contribution in [2.75, 3.05) is 19.8 Å². The summed E-state index contributed by atoms with van der Waals surface area (Å²) < 4.78 is 5.77. The predicted molar refractivity (Wildman–Crippen MR) is 75.0 cm³/mol. The van der Waals surface area contributed by atoms with Crippen LogP contribution in [0.4, 0.5) is 0 Å². The largest absolute Gasteiger partial charge is 0.396 e. The smallest absolute Gasteiger partial charge is 0.0897 e. The molecule has 0 aromatic heterocycles. The van der Waals surface area contributed by atoms with E-state index in [-0.39, 0.29) is 6.61 Å². The molecular formula is C15H29NO3. The van der Waals surface area contributed by atoms with E-state index in [4.69, 9.17) is 4.74 Å². The lowest BCUT2D eigenvalue weighted by molar-refractivity contribution is -0.0240. The van der Waals surface area contributed by atoms with Crippen molar-refractivity contribution in [2.24, 2.45) is 5.92 Å². The Kier molecular flexibility index (Phi) is 6.57. The molecule has 2 saturated carbocycles. The van der Waals surface area contributed by atoms with E-state index in [9.17, 15) is 10.2 Å². The van der Waals surface area contributed by atoms with Crippen molar-refractivity contribution in [1.82, 2.24) is 5.32 Å². The van der Waals surface area contributed by atoms with Crippen molar-refractivity contribution in [3.8, 4) is 0 Å². The first kappa shape index (κ1) is 15.2. The van der Waals surface area contributed by atoms with Crippen molar-refractivity contribution in [2.45, 2.75) is 69.6 Å². The third kappa shape index (κ3) is 5.03. The van der Waals surface area contributed by atoms with E-state index in [0.29, 0.717) is 31.2 Å². The molecule has 0 heterocycles. The molecule has 3 N–H and O–H groups in total. The molecule has 3 unspecified atom stereocenters. The number of hydrogen-bond acceptors (Lipinski definition) is 4. The zero-order valence-electron chi connectivity index (χ0n) is 11.9. The first-order chi connectivity index (χ1) is 9.29. The monoisotopic (exact) mass is 271 g/mol. The minimum Gasteiger partial charge on any atom is -0.396 e. The fourth-order valence-electron chi connectivity index (χ4n) is 3.35. The number of hydrogen-bond donors (Lipinski definition) is 3. The van der Waals surface area contributed by atoms with Gasteiger partial charge in [-0.1, -0.05) is 25.7 Å². The van der Waals surface area contributed by atoms with Gasteiger partial charge in [0, 0.05) is 19.2 Å². The minimum atomic E-state index is -0.429. The minimum absolute atomic E-state index is 0.256. The molecule has 3 atom stereocenters. The van der Waals surface area contributed by atoms with Crippen molar-refractivity contribution in [3.63, 3.8) is 0 Å². The molecule has 112 valence electrons. The molecule has 0 bridgehead atoms. The lowest BCUT2D eigenvalue weighted by Crippen LogP contribution is -2.40. The summed E-state index contributed by atoms with van der Waals surface area (Å²) in [4.78, 5) is 0. The zero-order valence-corrected chi connectivity index (χ0v) is 11.9. The van der Waals surface area contributed by atoms with E-state index in [1.54, 1.807) is 0 Å². The molecule has 2 rings (SSSR count). The van der Waals surface area contributed by atoms with Crippen LogP contribution >= 0.6 is 0 Å². The summed E-state index contributed by atoms with van der Waals surface area (Å²) in [7, 11) is 0. The second-order valence-corrected chi connectivity index (χ2v) is 6.14. The highest BCUT2D eigenvalue weighted by atomic mass is 16.5. The SMILES string of the molecule is OCC1CCCC1NCC(O)COC1CCCCC1. The average molecular weight is 271 g/mol. The van der Waals surface area contributed by atoms with Gasteiger partial charge in [-0.25, -0.2) is 0 Å². The van der Waals surface area contributed by atoms with Crippen LogP contribution in [0.1, 0.15) is 51.4 Å². The molecule has 2 fully saturated rings. The van der Waals surface area contributed by atoms with Crippen LogP contribution in [0.25, 0.3) is 0 Å². The van der Waals surface area contributed by atoms with Gasteiger partial charge < -0.3 is 20.3 Å². The van der Waals surface area contributed by atoms with Crippen molar-refractivity contribution in [1.29, 1.82) is 0 Å². The van der Waals surface area contributed by atoms with Gasteiger partial charge in [-0.05, 0) is 31.6 Å². The summed E-state index contributed by atoms with van der Waals surface area (Å²) in [5.41, 5.74) is 0. The Hall–Kier alpha value is -0.160. The highest BCUT2D eigenvalue weighted by molar-refractivity contribution is 4.83. The van der Waals surface area contributed by atoms with Crippen LogP contribution in [0.2, 0.25) is 0 Å². The van der Waals surface area contributed by atoms with Gasteiger partial charge in [0.2, 0.25) is 0 Å². The van der Waals surface area contributed by atoms with Crippen LogP contribution in [0.3, 0.4) is 0 Å². The van der Waals surface area contributed by atoms with Crippen LogP contribution in [0.5, 0.6) is 0 Å². The van der Waals surface area contributed by atoms with Crippen LogP contribution in [0, 0.1) is 5.92 Å². The molecule has 4 nitrogen and oxygen atoms in total. The highest BCUT2D eigenvalue weighted by Gasteiger charge is 2.26. The molecule has 0 saturated heterocycles. The van der Waals surface area contributed by atoms with Crippen LogP contribution < -0.4 is 5.32 Å². The Morgan fingerprint density at radius 3 is 2.58 bits per heavy atom. The average Bonchev–Trinajstić information content (AvgIpc) is 2.91. The molecule has 0 radical (unpaired) electrons. The summed E-state index contributed by atoms with van der Waals surface area (Å²) in [6.45, 7) is 1.27. The second-order valence-electron chi connectivity index (χ2n) is 6.14. The van der Waals surface area contributed by atoms with Gasteiger partial charge in [0.15, 0.2) is 0 Å². The Morgan fingerprint density at radius 1 is 1.05 bits per heavy atom. The number of ether oxygens (including phenoxy) is 1. The molecule has 2 aliphatic rings. The zero-order chi connectivity index (χ0) is 13.5. The standard InChI is InChI=1S/C15H29NO3/c17-10-12-5-4-8-15(12)16-9-13(18)11-19-14-6-2-1-3-7-14/h12-18H,1-11H2.